The van der Waals surface area contributed by atoms with Crippen molar-refractivity contribution in [2.45, 2.75) is 65.3 Å². The first-order chi connectivity index (χ1) is 7.24. The Balaban J connectivity index is 2.27. The number of aromatic nitrogens is 2. The molecular weight excluding hydrogens is 184 g/mol. The van der Waals surface area contributed by atoms with Crippen molar-refractivity contribution in [3.05, 3.63) is 17.0 Å². The SMILES string of the molecule is CCc1c(C)nn(C2CCCCC2)c1C. The monoisotopic (exact) mass is 206 g/mol. The minimum atomic E-state index is 0.678. The average Bonchev–Trinajstić information content (AvgIpc) is 2.55. The molecule has 1 aromatic heterocycles. The van der Waals surface area contributed by atoms with Crippen molar-refractivity contribution in [1.29, 1.82) is 0 Å². The molecule has 1 aromatic rings. The summed E-state index contributed by atoms with van der Waals surface area (Å²) in [5, 5.41) is 4.72. The zero-order valence-corrected chi connectivity index (χ0v) is 10.2. The van der Waals surface area contributed by atoms with Crippen LogP contribution >= 0.6 is 0 Å². The Labute approximate surface area is 92.7 Å². The fraction of sp³-hybridized carbons (Fsp3) is 0.769. The van der Waals surface area contributed by atoms with Gasteiger partial charge in [0.1, 0.15) is 0 Å². The summed E-state index contributed by atoms with van der Waals surface area (Å²) in [4.78, 5) is 0. The first kappa shape index (κ1) is 10.7. The van der Waals surface area contributed by atoms with E-state index >= 15 is 0 Å². The number of rotatable bonds is 2. The van der Waals surface area contributed by atoms with Gasteiger partial charge in [0.15, 0.2) is 0 Å². The van der Waals surface area contributed by atoms with E-state index in [2.05, 4.69) is 25.5 Å². The summed E-state index contributed by atoms with van der Waals surface area (Å²) in [5.74, 6) is 0. The quantitative estimate of drug-likeness (QED) is 0.723. The van der Waals surface area contributed by atoms with E-state index in [0.717, 1.165) is 6.42 Å². The zero-order valence-electron chi connectivity index (χ0n) is 10.2. The van der Waals surface area contributed by atoms with Gasteiger partial charge in [0.25, 0.3) is 0 Å². The van der Waals surface area contributed by atoms with E-state index in [1.807, 2.05) is 0 Å². The lowest BCUT2D eigenvalue weighted by atomic mass is 9.95. The third kappa shape index (κ3) is 1.95. The summed E-state index contributed by atoms with van der Waals surface area (Å²) < 4.78 is 2.30. The van der Waals surface area contributed by atoms with Gasteiger partial charge in [-0.05, 0) is 38.7 Å². The van der Waals surface area contributed by atoms with Gasteiger partial charge in [0.2, 0.25) is 0 Å². The molecule has 0 radical (unpaired) electrons. The van der Waals surface area contributed by atoms with E-state index in [-0.39, 0.29) is 0 Å². The second kappa shape index (κ2) is 4.38. The first-order valence-electron chi connectivity index (χ1n) is 6.28. The van der Waals surface area contributed by atoms with Gasteiger partial charge in [-0.3, -0.25) is 4.68 Å². The third-order valence-corrected chi connectivity index (χ3v) is 3.75. The molecule has 2 heteroatoms. The van der Waals surface area contributed by atoms with Crippen molar-refractivity contribution in [3.63, 3.8) is 0 Å². The molecule has 84 valence electrons. The number of hydrogen-bond acceptors (Lipinski definition) is 1. The average molecular weight is 206 g/mol. The highest BCUT2D eigenvalue weighted by atomic mass is 15.3. The van der Waals surface area contributed by atoms with Crippen LogP contribution in [0.5, 0.6) is 0 Å². The second-order valence-electron chi connectivity index (χ2n) is 4.74. The Morgan fingerprint density at radius 2 is 1.87 bits per heavy atom. The van der Waals surface area contributed by atoms with Crippen molar-refractivity contribution < 1.29 is 0 Å². The normalized spacial score (nSPS) is 18.3. The van der Waals surface area contributed by atoms with Gasteiger partial charge in [-0.2, -0.15) is 5.10 Å². The fourth-order valence-corrected chi connectivity index (χ4v) is 2.89. The van der Waals surface area contributed by atoms with Crippen LogP contribution < -0.4 is 0 Å². The smallest absolute Gasteiger partial charge is 0.0628 e. The highest BCUT2D eigenvalue weighted by molar-refractivity contribution is 5.24. The van der Waals surface area contributed by atoms with Gasteiger partial charge >= 0.3 is 0 Å². The molecule has 0 amide bonds. The summed E-state index contributed by atoms with van der Waals surface area (Å²) in [6, 6.07) is 0.678. The summed E-state index contributed by atoms with van der Waals surface area (Å²) in [6.45, 7) is 6.60. The van der Waals surface area contributed by atoms with E-state index in [1.54, 1.807) is 0 Å². The van der Waals surface area contributed by atoms with Crippen LogP contribution in [0.1, 0.15) is 62.0 Å². The van der Waals surface area contributed by atoms with Crippen LogP contribution in [0.2, 0.25) is 0 Å². The minimum absolute atomic E-state index is 0.678. The molecule has 0 saturated heterocycles. The van der Waals surface area contributed by atoms with Gasteiger partial charge in [-0.25, -0.2) is 0 Å². The largest absolute Gasteiger partial charge is 0.266 e. The van der Waals surface area contributed by atoms with Crippen LogP contribution in [0.15, 0.2) is 0 Å². The van der Waals surface area contributed by atoms with Crippen molar-refractivity contribution >= 4 is 0 Å². The van der Waals surface area contributed by atoms with Gasteiger partial charge in [0.05, 0.1) is 11.7 Å². The molecule has 0 N–H and O–H groups in total. The molecule has 0 unspecified atom stereocenters. The first-order valence-corrected chi connectivity index (χ1v) is 6.28. The molecule has 1 fully saturated rings. The molecule has 2 nitrogen and oxygen atoms in total. The van der Waals surface area contributed by atoms with Crippen LogP contribution in [0, 0.1) is 13.8 Å². The van der Waals surface area contributed by atoms with E-state index in [1.165, 1.54) is 49.1 Å². The Morgan fingerprint density at radius 3 is 2.40 bits per heavy atom. The van der Waals surface area contributed by atoms with E-state index in [4.69, 9.17) is 5.10 Å². The number of nitrogens with zero attached hydrogens (tertiary/aromatic N) is 2. The molecule has 2 rings (SSSR count). The van der Waals surface area contributed by atoms with E-state index in [0.29, 0.717) is 6.04 Å². The zero-order chi connectivity index (χ0) is 10.8. The molecule has 1 saturated carbocycles. The molecule has 0 bridgehead atoms. The standard InChI is InChI=1S/C13H22N2/c1-4-13-10(2)14-15(11(13)3)12-8-6-5-7-9-12/h12H,4-9H2,1-3H3. The third-order valence-electron chi connectivity index (χ3n) is 3.75. The van der Waals surface area contributed by atoms with Crippen molar-refractivity contribution in [2.75, 3.05) is 0 Å². The number of hydrogen-bond donors (Lipinski definition) is 0. The Hall–Kier alpha value is -0.790. The maximum absolute atomic E-state index is 4.72. The van der Waals surface area contributed by atoms with Crippen LogP contribution in [0.3, 0.4) is 0 Å². The number of aryl methyl sites for hydroxylation is 1. The van der Waals surface area contributed by atoms with Crippen molar-refractivity contribution in [1.82, 2.24) is 9.78 Å². The maximum Gasteiger partial charge on any atom is 0.0628 e. The molecule has 0 aliphatic heterocycles. The Bertz CT molecular complexity index is 333. The molecule has 0 atom stereocenters. The predicted octanol–water partition coefficient (Wildman–Crippen LogP) is 3.57. The molecule has 1 aliphatic carbocycles. The van der Waals surface area contributed by atoms with Gasteiger partial charge in [0, 0.05) is 5.69 Å². The van der Waals surface area contributed by atoms with Crippen LogP contribution in [0.4, 0.5) is 0 Å². The van der Waals surface area contributed by atoms with Crippen molar-refractivity contribution in [3.8, 4) is 0 Å². The molecule has 0 spiro atoms. The lowest BCUT2D eigenvalue weighted by Crippen LogP contribution is -2.15. The lowest BCUT2D eigenvalue weighted by Gasteiger charge is -2.23. The lowest BCUT2D eigenvalue weighted by molar-refractivity contribution is 0.324. The van der Waals surface area contributed by atoms with Gasteiger partial charge in [-0.15, -0.1) is 0 Å². The van der Waals surface area contributed by atoms with Crippen LogP contribution in [0.25, 0.3) is 0 Å². The summed E-state index contributed by atoms with van der Waals surface area (Å²) in [7, 11) is 0. The van der Waals surface area contributed by atoms with Gasteiger partial charge in [-0.1, -0.05) is 26.2 Å². The summed E-state index contributed by atoms with van der Waals surface area (Å²) in [6.07, 6.45) is 7.94. The molecule has 1 aliphatic rings. The van der Waals surface area contributed by atoms with E-state index in [9.17, 15) is 0 Å². The summed E-state index contributed by atoms with van der Waals surface area (Å²) >= 11 is 0. The molecule has 15 heavy (non-hydrogen) atoms. The predicted molar refractivity (Wildman–Crippen MR) is 63.2 cm³/mol. The van der Waals surface area contributed by atoms with Gasteiger partial charge < -0.3 is 0 Å². The topological polar surface area (TPSA) is 17.8 Å². The summed E-state index contributed by atoms with van der Waals surface area (Å²) in [5.41, 5.74) is 4.10. The minimum Gasteiger partial charge on any atom is -0.266 e. The highest BCUT2D eigenvalue weighted by Crippen LogP contribution is 2.30. The fourth-order valence-electron chi connectivity index (χ4n) is 2.89. The Kier molecular flexibility index (Phi) is 3.13. The molecule has 1 heterocycles. The van der Waals surface area contributed by atoms with Crippen LogP contribution in [-0.4, -0.2) is 9.78 Å². The van der Waals surface area contributed by atoms with Crippen LogP contribution in [-0.2, 0) is 6.42 Å². The highest BCUT2D eigenvalue weighted by Gasteiger charge is 2.19. The molecular formula is C13H22N2. The second-order valence-corrected chi connectivity index (χ2v) is 4.74. The van der Waals surface area contributed by atoms with Crippen molar-refractivity contribution in [2.24, 2.45) is 0 Å². The maximum atomic E-state index is 4.72. The Morgan fingerprint density at radius 1 is 1.20 bits per heavy atom. The molecule has 0 aromatic carbocycles. The van der Waals surface area contributed by atoms with E-state index < -0.39 is 0 Å².